The van der Waals surface area contributed by atoms with Gasteiger partial charge in [0.25, 0.3) is 0 Å². The monoisotopic (exact) mass is 356 g/mol. The highest BCUT2D eigenvalue weighted by Gasteiger charge is 2.52. The first-order chi connectivity index (χ1) is 10.7. The molecule has 6 N–H and O–H groups in total. The Kier molecular flexibility index (Phi) is 6.57. The summed E-state index contributed by atoms with van der Waals surface area (Å²) >= 11 is 0. The molecule has 6 atom stereocenters. The van der Waals surface area contributed by atoms with Crippen LogP contribution in [0.15, 0.2) is 0 Å². The molecule has 0 aromatic heterocycles. The maximum absolute atomic E-state index is 11.1. The molecule has 136 valence electrons. The Morgan fingerprint density at radius 3 is 1.87 bits per heavy atom. The van der Waals surface area contributed by atoms with Crippen molar-refractivity contribution in [3.8, 4) is 0 Å². The maximum atomic E-state index is 11.1. The molecule has 2 fully saturated rings. The minimum atomic E-state index is -4.98. The SMILES string of the molecule is O=P(O)(O)O[C@H]1[C@H](O)[C@@H](O)[C@H](O)[C@@H](O)[C@H]1OCC1CCCCC1. The number of hydrogen-bond donors (Lipinski definition) is 6. The first kappa shape index (κ1) is 19.2. The molecule has 2 saturated carbocycles. The van der Waals surface area contributed by atoms with E-state index >= 15 is 0 Å². The molecule has 0 heterocycles. The Labute approximate surface area is 134 Å². The maximum Gasteiger partial charge on any atom is 0.470 e. The van der Waals surface area contributed by atoms with Crippen LogP contribution in [0.5, 0.6) is 0 Å². The summed E-state index contributed by atoms with van der Waals surface area (Å²) in [6.07, 6.45) is -4.75. The van der Waals surface area contributed by atoms with Crippen molar-refractivity contribution in [2.45, 2.75) is 68.7 Å². The lowest BCUT2D eigenvalue weighted by Crippen LogP contribution is -2.65. The molecule has 2 aliphatic carbocycles. The summed E-state index contributed by atoms with van der Waals surface area (Å²) in [5.74, 6) is 0.243. The van der Waals surface area contributed by atoms with Crippen LogP contribution in [0.25, 0.3) is 0 Å². The fourth-order valence-electron chi connectivity index (χ4n) is 3.26. The molecule has 0 bridgehead atoms. The van der Waals surface area contributed by atoms with E-state index in [2.05, 4.69) is 4.52 Å². The molecular weight excluding hydrogens is 331 g/mol. The number of phosphoric ester groups is 1. The zero-order valence-electron chi connectivity index (χ0n) is 12.6. The number of aliphatic hydroxyl groups is 4. The predicted molar refractivity (Wildman–Crippen MR) is 77.3 cm³/mol. The summed E-state index contributed by atoms with van der Waals surface area (Å²) in [5, 5.41) is 39.4. The van der Waals surface area contributed by atoms with Crippen molar-refractivity contribution in [1.29, 1.82) is 0 Å². The highest BCUT2D eigenvalue weighted by Crippen LogP contribution is 2.42. The van der Waals surface area contributed by atoms with Crippen LogP contribution in [0, 0.1) is 5.92 Å². The lowest BCUT2D eigenvalue weighted by atomic mass is 9.84. The van der Waals surface area contributed by atoms with Gasteiger partial charge in [0, 0.05) is 0 Å². The van der Waals surface area contributed by atoms with Crippen molar-refractivity contribution >= 4 is 7.82 Å². The van der Waals surface area contributed by atoms with E-state index in [-0.39, 0.29) is 12.5 Å². The predicted octanol–water partition coefficient (Wildman–Crippen LogP) is -1.11. The van der Waals surface area contributed by atoms with Gasteiger partial charge in [0.1, 0.15) is 36.6 Å². The van der Waals surface area contributed by atoms with Gasteiger partial charge in [-0.3, -0.25) is 4.52 Å². The molecule has 0 amide bonds. The number of rotatable bonds is 5. The summed E-state index contributed by atoms with van der Waals surface area (Å²) in [4.78, 5) is 17.9. The van der Waals surface area contributed by atoms with Crippen molar-refractivity contribution in [2.75, 3.05) is 6.61 Å². The van der Waals surface area contributed by atoms with Crippen LogP contribution in [0.3, 0.4) is 0 Å². The highest BCUT2D eigenvalue weighted by atomic mass is 31.2. The lowest BCUT2D eigenvalue weighted by molar-refractivity contribution is -0.234. The Balaban J connectivity index is 2.07. The van der Waals surface area contributed by atoms with E-state index in [1.165, 1.54) is 0 Å². The molecule has 0 aliphatic heterocycles. The molecule has 10 heteroatoms. The Bertz CT molecular complexity index is 422. The average molecular weight is 356 g/mol. The fourth-order valence-corrected chi connectivity index (χ4v) is 3.82. The minimum absolute atomic E-state index is 0.221. The number of phosphoric acid groups is 1. The summed E-state index contributed by atoms with van der Waals surface area (Å²) in [7, 11) is -4.98. The molecule has 0 radical (unpaired) electrons. The lowest BCUT2D eigenvalue weighted by Gasteiger charge is -2.43. The van der Waals surface area contributed by atoms with Gasteiger partial charge in [-0.15, -0.1) is 0 Å². The number of ether oxygens (including phenoxy) is 1. The van der Waals surface area contributed by atoms with E-state index in [9.17, 15) is 25.0 Å². The third-order valence-corrected chi connectivity index (χ3v) is 5.07. The van der Waals surface area contributed by atoms with Crippen LogP contribution in [-0.4, -0.2) is 73.4 Å². The van der Waals surface area contributed by atoms with Crippen LogP contribution in [0.4, 0.5) is 0 Å². The topological polar surface area (TPSA) is 157 Å². The van der Waals surface area contributed by atoms with E-state index in [0.29, 0.717) is 0 Å². The largest absolute Gasteiger partial charge is 0.470 e. The van der Waals surface area contributed by atoms with Crippen molar-refractivity contribution in [3.63, 3.8) is 0 Å². The van der Waals surface area contributed by atoms with Crippen molar-refractivity contribution in [1.82, 2.24) is 0 Å². The zero-order valence-corrected chi connectivity index (χ0v) is 13.5. The molecule has 0 saturated heterocycles. The van der Waals surface area contributed by atoms with E-state index in [0.717, 1.165) is 32.1 Å². The van der Waals surface area contributed by atoms with E-state index in [1.807, 2.05) is 0 Å². The molecule has 0 aromatic carbocycles. The van der Waals surface area contributed by atoms with Crippen LogP contribution in [0.2, 0.25) is 0 Å². The minimum Gasteiger partial charge on any atom is -0.387 e. The van der Waals surface area contributed by atoms with Crippen LogP contribution >= 0.6 is 7.82 Å². The second-order valence-corrected chi connectivity index (χ2v) is 7.52. The molecule has 0 spiro atoms. The molecule has 0 aromatic rings. The standard InChI is InChI=1S/C13H25O9P/c14-8-9(15)11(17)13(22-23(18,19)20)12(10(8)16)21-6-7-4-2-1-3-5-7/h7-17H,1-6H2,(H2,18,19,20)/t8-,9-,10+,11+,12+,13-/m0/s1. The molecule has 9 nitrogen and oxygen atoms in total. The first-order valence-corrected chi connectivity index (χ1v) is 9.31. The van der Waals surface area contributed by atoms with E-state index in [1.54, 1.807) is 0 Å². The Morgan fingerprint density at radius 1 is 0.826 bits per heavy atom. The van der Waals surface area contributed by atoms with Crippen LogP contribution < -0.4 is 0 Å². The summed E-state index contributed by atoms with van der Waals surface area (Å²) in [5.41, 5.74) is 0. The number of hydrogen-bond acceptors (Lipinski definition) is 7. The van der Waals surface area contributed by atoms with Crippen molar-refractivity contribution < 1.29 is 44.0 Å². The zero-order chi connectivity index (χ0) is 17.2. The van der Waals surface area contributed by atoms with Gasteiger partial charge in [0.15, 0.2) is 0 Å². The quantitative estimate of drug-likeness (QED) is 0.336. The fraction of sp³-hybridized carbons (Fsp3) is 1.00. The molecule has 2 aliphatic rings. The van der Waals surface area contributed by atoms with Crippen LogP contribution in [-0.2, 0) is 13.8 Å². The van der Waals surface area contributed by atoms with Crippen LogP contribution in [0.1, 0.15) is 32.1 Å². The second kappa shape index (κ2) is 7.86. The van der Waals surface area contributed by atoms with E-state index in [4.69, 9.17) is 14.5 Å². The first-order valence-electron chi connectivity index (χ1n) is 7.78. The highest BCUT2D eigenvalue weighted by molar-refractivity contribution is 7.46. The molecular formula is C13H25O9P. The van der Waals surface area contributed by atoms with Gasteiger partial charge in [-0.25, -0.2) is 4.57 Å². The molecule has 2 rings (SSSR count). The van der Waals surface area contributed by atoms with Gasteiger partial charge >= 0.3 is 7.82 Å². The van der Waals surface area contributed by atoms with Gasteiger partial charge < -0.3 is 34.9 Å². The summed E-state index contributed by atoms with van der Waals surface area (Å²) < 4.78 is 21.1. The smallest absolute Gasteiger partial charge is 0.387 e. The second-order valence-electron chi connectivity index (χ2n) is 6.32. The normalized spacial score (nSPS) is 40.3. The van der Waals surface area contributed by atoms with Gasteiger partial charge in [-0.1, -0.05) is 19.3 Å². The average Bonchev–Trinajstić information content (AvgIpc) is 2.50. The number of aliphatic hydroxyl groups excluding tert-OH is 4. The van der Waals surface area contributed by atoms with Gasteiger partial charge in [0.05, 0.1) is 6.61 Å². The Morgan fingerprint density at radius 2 is 1.35 bits per heavy atom. The third kappa shape index (κ3) is 4.94. The third-order valence-electron chi connectivity index (χ3n) is 4.55. The van der Waals surface area contributed by atoms with Crippen molar-refractivity contribution in [3.05, 3.63) is 0 Å². The van der Waals surface area contributed by atoms with Gasteiger partial charge in [-0.2, -0.15) is 0 Å². The molecule has 23 heavy (non-hydrogen) atoms. The van der Waals surface area contributed by atoms with Gasteiger partial charge in [0.2, 0.25) is 0 Å². The van der Waals surface area contributed by atoms with E-state index < -0.39 is 44.4 Å². The molecule has 0 unspecified atom stereocenters. The summed E-state index contributed by atoms with van der Waals surface area (Å²) in [6.45, 7) is 0.221. The Hall–Kier alpha value is -0.0900. The summed E-state index contributed by atoms with van der Waals surface area (Å²) in [6, 6.07) is 0. The van der Waals surface area contributed by atoms with Gasteiger partial charge in [-0.05, 0) is 18.8 Å². The van der Waals surface area contributed by atoms with Crippen molar-refractivity contribution in [2.24, 2.45) is 5.92 Å².